The van der Waals surface area contributed by atoms with E-state index in [1.54, 1.807) is 0 Å². The molecule has 1 heterocycles. The van der Waals surface area contributed by atoms with Crippen molar-refractivity contribution in [2.45, 2.75) is 0 Å². The molecule has 0 radical (unpaired) electrons. The van der Waals surface area contributed by atoms with Gasteiger partial charge in [0, 0.05) is 5.37 Å². The molecule has 2 N–H and O–H groups in total. The Morgan fingerprint density at radius 2 is 2.50 bits per heavy atom. The number of carbonyl (C=O) groups is 1. The molecule has 0 spiro atoms. The second-order valence-corrected chi connectivity index (χ2v) is 1.70. The molecular weight excluding hydrogens is 154 g/mol. The fraction of sp³-hybridized carbons (Fsp3) is 0. The van der Waals surface area contributed by atoms with Crippen molar-refractivity contribution in [2.24, 2.45) is 0 Å². The van der Waals surface area contributed by atoms with Crippen LogP contribution in [-0.2, 0) is 0 Å². The van der Waals surface area contributed by atoms with Gasteiger partial charge < -0.3 is 5.11 Å². The first-order valence-electron chi connectivity index (χ1n) is 2.35. The molecule has 1 aromatic heterocycles. The second kappa shape index (κ2) is 2.53. The first-order chi connectivity index (χ1) is 4.74. The minimum Gasteiger partial charge on any atom is -0.475 e. The Morgan fingerprint density at radius 1 is 1.80 bits per heavy atom. The third-order valence-electron chi connectivity index (χ3n) is 0.806. The number of carboxylic acid groups (broad SMARTS) is 1. The fourth-order valence-electron chi connectivity index (χ4n) is 0.423. The van der Waals surface area contributed by atoms with Crippen LogP contribution in [0.2, 0.25) is 0 Å². The van der Waals surface area contributed by atoms with Gasteiger partial charge in [-0.3, -0.25) is 5.10 Å². The molecule has 1 aromatic rings. The molecule has 6 heteroatoms. The van der Waals surface area contributed by atoms with E-state index in [2.05, 4.69) is 27.4 Å². The van der Waals surface area contributed by atoms with Gasteiger partial charge in [-0.1, -0.05) is 12.2 Å². The molecular formula is C4H3N3O2S. The van der Waals surface area contributed by atoms with Gasteiger partial charge in [0.1, 0.15) is 0 Å². The molecule has 1 rings (SSSR count). The van der Waals surface area contributed by atoms with Gasteiger partial charge in [0.05, 0.1) is 0 Å². The van der Waals surface area contributed by atoms with Crippen LogP contribution < -0.4 is 0 Å². The zero-order valence-corrected chi connectivity index (χ0v) is 5.55. The van der Waals surface area contributed by atoms with E-state index < -0.39 is 5.97 Å². The van der Waals surface area contributed by atoms with E-state index in [0.717, 1.165) is 0 Å². The molecule has 0 aromatic carbocycles. The van der Waals surface area contributed by atoms with Gasteiger partial charge in [-0.05, 0) is 0 Å². The van der Waals surface area contributed by atoms with Crippen molar-refractivity contribution in [1.29, 1.82) is 0 Å². The van der Waals surface area contributed by atoms with Crippen LogP contribution in [0.4, 0.5) is 0 Å². The van der Waals surface area contributed by atoms with Gasteiger partial charge in [0.25, 0.3) is 5.82 Å². The van der Waals surface area contributed by atoms with Crippen LogP contribution in [-0.4, -0.2) is 31.6 Å². The van der Waals surface area contributed by atoms with Gasteiger partial charge in [0.2, 0.25) is 0 Å². The normalized spacial score (nSPS) is 9.20. The van der Waals surface area contributed by atoms with Crippen molar-refractivity contribution in [3.63, 3.8) is 0 Å². The molecule has 0 saturated carbocycles. The number of hydrogen-bond acceptors (Lipinski definition) is 4. The topological polar surface area (TPSA) is 78.9 Å². The summed E-state index contributed by atoms with van der Waals surface area (Å²) < 4.78 is 0. The maximum atomic E-state index is 10.1. The van der Waals surface area contributed by atoms with E-state index in [4.69, 9.17) is 5.11 Å². The van der Waals surface area contributed by atoms with E-state index in [9.17, 15) is 4.79 Å². The monoisotopic (exact) mass is 157 g/mol. The van der Waals surface area contributed by atoms with Crippen molar-refractivity contribution in [2.75, 3.05) is 0 Å². The maximum absolute atomic E-state index is 10.1. The number of carboxylic acids is 1. The lowest BCUT2D eigenvalue weighted by Gasteiger charge is -1.76. The van der Waals surface area contributed by atoms with Crippen LogP contribution in [0.15, 0.2) is 0 Å². The molecule has 0 fully saturated rings. The Labute approximate surface area is 61.1 Å². The van der Waals surface area contributed by atoms with Gasteiger partial charge >= 0.3 is 5.97 Å². The highest BCUT2D eigenvalue weighted by molar-refractivity contribution is 7.79. The summed E-state index contributed by atoms with van der Waals surface area (Å²) in [5.41, 5.74) is 0. The van der Waals surface area contributed by atoms with Crippen LogP contribution in [0, 0.1) is 0 Å². The van der Waals surface area contributed by atoms with Crippen LogP contribution >= 0.6 is 12.2 Å². The van der Waals surface area contributed by atoms with Crippen LogP contribution in [0.3, 0.4) is 0 Å². The second-order valence-electron chi connectivity index (χ2n) is 1.47. The first kappa shape index (κ1) is 6.81. The highest BCUT2D eigenvalue weighted by Gasteiger charge is 2.07. The summed E-state index contributed by atoms with van der Waals surface area (Å²) in [4.78, 5) is 13.6. The lowest BCUT2D eigenvalue weighted by molar-refractivity contribution is 0.0684. The zero-order valence-electron chi connectivity index (χ0n) is 4.74. The van der Waals surface area contributed by atoms with Crippen LogP contribution in [0.25, 0.3) is 0 Å². The summed E-state index contributed by atoms with van der Waals surface area (Å²) in [6.45, 7) is 0. The molecule has 0 bridgehead atoms. The minimum atomic E-state index is -1.17. The van der Waals surface area contributed by atoms with E-state index in [1.807, 2.05) is 0 Å². The third-order valence-corrected chi connectivity index (χ3v) is 1.03. The molecule has 0 aliphatic rings. The van der Waals surface area contributed by atoms with E-state index in [0.29, 0.717) is 0 Å². The Kier molecular flexibility index (Phi) is 1.72. The van der Waals surface area contributed by atoms with Gasteiger partial charge in [-0.15, -0.1) is 5.10 Å². The molecule has 0 aliphatic carbocycles. The van der Waals surface area contributed by atoms with E-state index in [1.165, 1.54) is 5.37 Å². The summed E-state index contributed by atoms with van der Waals surface area (Å²) >= 11 is 4.47. The molecule has 0 amide bonds. The van der Waals surface area contributed by atoms with Crippen LogP contribution in [0.5, 0.6) is 0 Å². The summed E-state index contributed by atoms with van der Waals surface area (Å²) in [6, 6.07) is 0. The quantitative estimate of drug-likeness (QED) is 0.583. The highest BCUT2D eigenvalue weighted by Crippen LogP contribution is 1.88. The van der Waals surface area contributed by atoms with Crippen molar-refractivity contribution >= 4 is 23.6 Å². The van der Waals surface area contributed by atoms with Crippen molar-refractivity contribution < 1.29 is 9.90 Å². The number of H-pyrrole nitrogens is 1. The Morgan fingerprint density at radius 3 is 2.80 bits per heavy atom. The molecule has 10 heavy (non-hydrogen) atoms. The number of rotatable bonds is 2. The van der Waals surface area contributed by atoms with Gasteiger partial charge in [-0.2, -0.15) is 0 Å². The molecule has 52 valence electrons. The predicted octanol–water partition coefficient (Wildman–Crippen LogP) is -0.149. The predicted molar refractivity (Wildman–Crippen MR) is 36.1 cm³/mol. The number of aromatic nitrogens is 3. The molecule has 0 saturated heterocycles. The third kappa shape index (κ3) is 1.16. The lowest BCUT2D eigenvalue weighted by Crippen LogP contribution is -1.98. The van der Waals surface area contributed by atoms with Crippen LogP contribution in [0.1, 0.15) is 16.4 Å². The standard InChI is InChI=1S/C4H3N3O2S/c8-4(9)3-5-2(1-10)6-7-3/h1H,(H,8,9)(H,5,6,7). The average Bonchev–Trinajstić information content (AvgIpc) is 2.34. The Hall–Kier alpha value is -1.30. The van der Waals surface area contributed by atoms with Gasteiger partial charge in [0.15, 0.2) is 5.82 Å². The summed E-state index contributed by atoms with van der Waals surface area (Å²) in [7, 11) is 0. The zero-order chi connectivity index (χ0) is 7.56. The average molecular weight is 157 g/mol. The number of nitrogens with zero attached hydrogens (tertiary/aromatic N) is 2. The highest BCUT2D eigenvalue weighted by atomic mass is 32.1. The van der Waals surface area contributed by atoms with Gasteiger partial charge in [-0.25, -0.2) is 9.78 Å². The number of aromatic amines is 1. The van der Waals surface area contributed by atoms with Crippen molar-refractivity contribution in [3.05, 3.63) is 11.6 Å². The number of thiocarbonyl (C=S) groups is 1. The summed E-state index contributed by atoms with van der Waals surface area (Å²) in [6.07, 6.45) is 0. The van der Waals surface area contributed by atoms with Crippen molar-refractivity contribution in [1.82, 2.24) is 15.2 Å². The molecule has 5 nitrogen and oxygen atoms in total. The van der Waals surface area contributed by atoms with E-state index >= 15 is 0 Å². The number of aromatic carboxylic acids is 1. The summed E-state index contributed by atoms with van der Waals surface area (Å²) in [5.74, 6) is -1.15. The Bertz CT molecular complexity index is 269. The fourth-order valence-corrected chi connectivity index (χ4v) is 0.528. The smallest absolute Gasteiger partial charge is 0.375 e. The molecule has 0 atom stereocenters. The first-order valence-corrected chi connectivity index (χ1v) is 2.82. The largest absolute Gasteiger partial charge is 0.475 e. The maximum Gasteiger partial charge on any atom is 0.375 e. The minimum absolute atomic E-state index is 0.267. The number of nitrogens with one attached hydrogen (secondary N) is 1. The SMILES string of the molecule is O=C(O)c1n[nH]c(C=S)n1. The number of hydrogen-bond donors (Lipinski definition) is 2. The molecule has 0 unspecified atom stereocenters. The van der Waals surface area contributed by atoms with Crippen molar-refractivity contribution in [3.8, 4) is 0 Å². The Balaban J connectivity index is 2.98. The lowest BCUT2D eigenvalue weighted by atomic mass is 10.6. The van der Waals surface area contributed by atoms with E-state index in [-0.39, 0.29) is 11.6 Å². The molecule has 0 aliphatic heterocycles. The summed E-state index contributed by atoms with van der Waals surface area (Å²) in [5, 5.41) is 15.2.